The average molecular weight is 494 g/mol. The zero-order valence-corrected chi connectivity index (χ0v) is 21.1. The van der Waals surface area contributed by atoms with Crippen LogP contribution in [-0.4, -0.2) is 41.9 Å². The molecule has 4 N–H and O–H groups in total. The Kier molecular flexibility index (Phi) is 8.30. The molecule has 1 aliphatic heterocycles. The van der Waals surface area contributed by atoms with Crippen LogP contribution >= 0.6 is 0 Å². The second-order valence-corrected chi connectivity index (χ2v) is 10.2. The van der Waals surface area contributed by atoms with Gasteiger partial charge in [-0.3, -0.25) is 9.59 Å². The van der Waals surface area contributed by atoms with E-state index < -0.39 is 0 Å². The number of carbonyl (C=O) groups is 2. The van der Waals surface area contributed by atoms with Gasteiger partial charge in [-0.15, -0.1) is 0 Å². The minimum absolute atomic E-state index is 0. The van der Waals surface area contributed by atoms with Crippen LogP contribution in [0.4, 0.5) is 0 Å². The van der Waals surface area contributed by atoms with Crippen LogP contribution in [0.3, 0.4) is 0 Å². The van der Waals surface area contributed by atoms with Crippen LogP contribution in [0, 0.1) is 5.92 Å². The molecule has 0 bridgehead atoms. The zero-order chi connectivity index (χ0) is 23.5. The van der Waals surface area contributed by atoms with Crippen molar-refractivity contribution in [2.75, 3.05) is 13.1 Å². The molecule has 0 unspecified atom stereocenters. The van der Waals surface area contributed by atoms with Gasteiger partial charge in [-0.1, -0.05) is 60.7 Å². The van der Waals surface area contributed by atoms with E-state index in [2.05, 4.69) is 47.5 Å². The number of benzene rings is 2. The molecule has 2 aromatic carbocycles. The highest BCUT2D eigenvalue weighted by Crippen LogP contribution is 2.37. The van der Waals surface area contributed by atoms with Gasteiger partial charge in [0.2, 0.25) is 11.8 Å². The van der Waals surface area contributed by atoms with Gasteiger partial charge in [0, 0.05) is 25.4 Å². The van der Waals surface area contributed by atoms with Crippen molar-refractivity contribution in [3.8, 4) is 0 Å². The molecular weight excluding hydrogens is 458 g/mol. The van der Waals surface area contributed by atoms with Gasteiger partial charge < -0.3 is 28.4 Å². The SMILES string of the molecule is [Cl-].[NH3+]C1CCC(CNC(=O)[C@@H]2CCCN2C(=O)CC2c3ccccc3C=Cc3ccccc32)CC1. The number of quaternary nitrogens is 1. The van der Waals surface area contributed by atoms with Crippen LogP contribution in [0.2, 0.25) is 0 Å². The molecule has 1 saturated carbocycles. The van der Waals surface area contributed by atoms with Gasteiger partial charge in [-0.25, -0.2) is 0 Å². The van der Waals surface area contributed by atoms with Crippen molar-refractivity contribution >= 4 is 24.0 Å². The first-order valence-electron chi connectivity index (χ1n) is 12.9. The van der Waals surface area contributed by atoms with Gasteiger partial charge in [-0.2, -0.15) is 0 Å². The third kappa shape index (κ3) is 5.62. The average Bonchev–Trinajstić information content (AvgIpc) is 3.31. The molecule has 35 heavy (non-hydrogen) atoms. The summed E-state index contributed by atoms with van der Waals surface area (Å²) in [5.41, 5.74) is 8.84. The summed E-state index contributed by atoms with van der Waals surface area (Å²) in [6.45, 7) is 1.39. The van der Waals surface area contributed by atoms with Gasteiger partial charge in [0.25, 0.3) is 0 Å². The molecule has 0 radical (unpaired) electrons. The van der Waals surface area contributed by atoms with E-state index >= 15 is 0 Å². The Morgan fingerprint density at radius 3 is 2.11 bits per heavy atom. The lowest BCUT2D eigenvalue weighted by molar-refractivity contribution is -0.426. The fourth-order valence-corrected chi connectivity index (χ4v) is 5.96. The zero-order valence-electron chi connectivity index (χ0n) is 20.3. The van der Waals surface area contributed by atoms with Gasteiger partial charge in [0.05, 0.1) is 6.04 Å². The first-order valence-corrected chi connectivity index (χ1v) is 12.9. The van der Waals surface area contributed by atoms with Gasteiger partial charge in [0.15, 0.2) is 0 Å². The number of hydrogen-bond acceptors (Lipinski definition) is 2. The summed E-state index contributed by atoms with van der Waals surface area (Å²) < 4.78 is 0. The Morgan fingerprint density at radius 1 is 0.886 bits per heavy atom. The largest absolute Gasteiger partial charge is 1.00 e. The fraction of sp³-hybridized carbons (Fsp3) is 0.448. The molecule has 2 fully saturated rings. The molecule has 2 aliphatic carbocycles. The van der Waals surface area contributed by atoms with E-state index in [0.29, 0.717) is 24.9 Å². The van der Waals surface area contributed by atoms with Crippen molar-refractivity contribution in [1.29, 1.82) is 0 Å². The summed E-state index contributed by atoms with van der Waals surface area (Å²) in [6, 6.07) is 16.9. The molecule has 3 aliphatic rings. The number of likely N-dealkylation sites (tertiary alicyclic amines) is 1. The number of halogens is 1. The van der Waals surface area contributed by atoms with Crippen LogP contribution < -0.4 is 23.5 Å². The Balaban J connectivity index is 0.00000289. The maximum Gasteiger partial charge on any atom is 0.242 e. The number of nitrogens with zero attached hydrogens (tertiary/aromatic N) is 1. The molecule has 1 heterocycles. The normalized spacial score (nSPS) is 23.6. The maximum atomic E-state index is 13.6. The minimum atomic E-state index is -0.342. The smallest absolute Gasteiger partial charge is 0.242 e. The summed E-state index contributed by atoms with van der Waals surface area (Å²) >= 11 is 0. The maximum absolute atomic E-state index is 13.6. The summed E-state index contributed by atoms with van der Waals surface area (Å²) in [6.07, 6.45) is 10.9. The molecule has 186 valence electrons. The molecule has 2 amide bonds. The lowest BCUT2D eigenvalue weighted by atomic mass is 9.85. The molecule has 1 atom stereocenters. The number of carbonyl (C=O) groups excluding carboxylic acids is 2. The molecule has 1 saturated heterocycles. The molecule has 5 nitrogen and oxygen atoms in total. The first kappa shape index (κ1) is 25.5. The van der Waals surface area contributed by atoms with Gasteiger partial charge in [-0.05, 0) is 66.7 Å². The van der Waals surface area contributed by atoms with E-state index in [9.17, 15) is 9.59 Å². The van der Waals surface area contributed by atoms with Crippen molar-refractivity contribution in [1.82, 2.24) is 10.2 Å². The Morgan fingerprint density at radius 2 is 1.49 bits per heavy atom. The van der Waals surface area contributed by atoms with Crippen LogP contribution in [0.1, 0.15) is 73.1 Å². The van der Waals surface area contributed by atoms with Crippen LogP contribution in [0.5, 0.6) is 0 Å². The van der Waals surface area contributed by atoms with E-state index in [1.807, 2.05) is 29.2 Å². The van der Waals surface area contributed by atoms with E-state index in [1.165, 1.54) is 11.1 Å². The predicted molar refractivity (Wildman–Crippen MR) is 135 cm³/mol. The highest BCUT2D eigenvalue weighted by Gasteiger charge is 2.36. The van der Waals surface area contributed by atoms with Gasteiger partial charge in [0.1, 0.15) is 6.04 Å². The first-order chi connectivity index (χ1) is 16.6. The Bertz CT molecular complexity index is 1030. The number of rotatable bonds is 5. The van der Waals surface area contributed by atoms with Crippen molar-refractivity contribution < 1.29 is 27.7 Å². The molecular formula is C29H36ClN3O2. The van der Waals surface area contributed by atoms with E-state index in [1.54, 1.807) is 0 Å². The van der Waals surface area contributed by atoms with Crippen molar-refractivity contribution in [2.24, 2.45) is 5.92 Å². The molecule has 6 heteroatoms. The molecule has 5 rings (SSSR count). The molecule has 2 aromatic rings. The fourth-order valence-electron chi connectivity index (χ4n) is 5.96. The predicted octanol–water partition coefficient (Wildman–Crippen LogP) is 0.604. The second-order valence-electron chi connectivity index (χ2n) is 10.2. The highest BCUT2D eigenvalue weighted by atomic mass is 35.5. The van der Waals surface area contributed by atoms with Crippen LogP contribution in [-0.2, 0) is 9.59 Å². The van der Waals surface area contributed by atoms with Crippen LogP contribution in [0.25, 0.3) is 12.2 Å². The quantitative estimate of drug-likeness (QED) is 0.640. The Labute approximate surface area is 214 Å². The van der Waals surface area contributed by atoms with Crippen molar-refractivity contribution in [3.63, 3.8) is 0 Å². The third-order valence-electron chi connectivity index (χ3n) is 7.97. The molecule has 0 aromatic heterocycles. The van der Waals surface area contributed by atoms with Crippen molar-refractivity contribution in [2.45, 2.75) is 62.9 Å². The molecule has 0 spiro atoms. The highest BCUT2D eigenvalue weighted by molar-refractivity contribution is 5.89. The second kappa shape index (κ2) is 11.4. The lowest BCUT2D eigenvalue weighted by Crippen LogP contribution is -3.00. The number of nitrogens with one attached hydrogen (secondary N) is 1. The van der Waals surface area contributed by atoms with E-state index in [4.69, 9.17) is 0 Å². The van der Waals surface area contributed by atoms with E-state index in [-0.39, 0.29) is 36.2 Å². The standard InChI is InChI=1S/C29H35N3O2.ClH/c30-23-15-11-20(12-16-23)19-31-29(34)27-10-5-17-32(27)28(33)18-26-24-8-3-1-6-21(24)13-14-22-7-2-4-9-25(22)26;/h1-4,6-9,13-14,20,23,26-27H,5,10-12,15-19,30H2,(H,31,34);1H/t20?,23?,27-;/m0./s1. The monoisotopic (exact) mass is 493 g/mol. The number of hydrogen-bond donors (Lipinski definition) is 2. The van der Waals surface area contributed by atoms with E-state index in [0.717, 1.165) is 56.2 Å². The summed E-state index contributed by atoms with van der Waals surface area (Å²) in [5, 5.41) is 3.18. The number of amides is 2. The van der Waals surface area contributed by atoms with Crippen molar-refractivity contribution in [3.05, 3.63) is 70.8 Å². The van der Waals surface area contributed by atoms with Gasteiger partial charge >= 0.3 is 0 Å². The number of fused-ring (bicyclic) bond motifs is 2. The minimum Gasteiger partial charge on any atom is -1.00 e. The lowest BCUT2D eigenvalue weighted by Gasteiger charge is -2.29. The third-order valence-corrected chi connectivity index (χ3v) is 7.97. The summed E-state index contributed by atoms with van der Waals surface area (Å²) in [4.78, 5) is 28.5. The summed E-state index contributed by atoms with van der Waals surface area (Å²) in [5.74, 6) is 0.619. The van der Waals surface area contributed by atoms with Crippen LogP contribution in [0.15, 0.2) is 48.5 Å². The topological polar surface area (TPSA) is 77.1 Å². The summed E-state index contributed by atoms with van der Waals surface area (Å²) in [7, 11) is 0. The Hall–Kier alpha value is -2.63.